The van der Waals surface area contributed by atoms with Crippen molar-refractivity contribution in [2.75, 3.05) is 13.7 Å². The predicted molar refractivity (Wildman–Crippen MR) is 61.5 cm³/mol. The number of rotatable bonds is 4. The number of nitrogens with zero attached hydrogens (tertiary/aromatic N) is 1. The first-order valence-corrected chi connectivity index (χ1v) is 5.27. The lowest BCUT2D eigenvalue weighted by Crippen LogP contribution is -2.16. The minimum Gasteiger partial charge on any atom is -0.465 e. The van der Waals surface area contributed by atoms with Crippen LogP contribution in [0.2, 0.25) is 0 Å². The normalized spacial score (nSPS) is 9.72. The van der Waals surface area contributed by atoms with Crippen molar-refractivity contribution in [3.05, 3.63) is 29.1 Å². The molecule has 0 aliphatic rings. The van der Waals surface area contributed by atoms with Crippen LogP contribution in [0.4, 0.5) is 0 Å². The topological polar surface area (TPSA) is 82.6 Å². The lowest BCUT2D eigenvalue weighted by molar-refractivity contribution is 0.0496. The second-order valence-corrected chi connectivity index (χ2v) is 3.39. The predicted octanol–water partition coefficient (Wildman–Crippen LogP) is 1.25. The van der Waals surface area contributed by atoms with Crippen molar-refractivity contribution in [2.45, 2.75) is 13.8 Å². The molecule has 96 valence electrons. The van der Waals surface area contributed by atoms with Gasteiger partial charge in [-0.3, -0.25) is 4.79 Å². The Balaban J connectivity index is 3.29. The summed E-state index contributed by atoms with van der Waals surface area (Å²) in [6.07, 6.45) is 1.22. The van der Waals surface area contributed by atoms with E-state index in [4.69, 9.17) is 4.74 Å². The maximum absolute atomic E-state index is 11.6. The minimum absolute atomic E-state index is 0.0800. The third kappa shape index (κ3) is 2.91. The second kappa shape index (κ2) is 5.90. The molecular weight excluding hydrogens is 238 g/mol. The smallest absolute Gasteiger partial charge is 0.357 e. The highest BCUT2D eigenvalue weighted by molar-refractivity contribution is 6.04. The van der Waals surface area contributed by atoms with Gasteiger partial charge in [-0.05, 0) is 19.9 Å². The molecule has 0 unspecified atom stereocenters. The maximum atomic E-state index is 11.6. The van der Waals surface area contributed by atoms with Gasteiger partial charge in [0.2, 0.25) is 0 Å². The zero-order valence-electron chi connectivity index (χ0n) is 10.4. The standard InChI is InChI=1S/C12H13NO5/c1-4-18-12(16)10-9(11(15)17-3)5-8(6-13-10)7(2)14/h5-6H,4H2,1-3H3. The largest absolute Gasteiger partial charge is 0.465 e. The summed E-state index contributed by atoms with van der Waals surface area (Å²) < 4.78 is 9.31. The number of ketones is 1. The van der Waals surface area contributed by atoms with Crippen LogP contribution in [0, 0.1) is 0 Å². The average Bonchev–Trinajstić information content (AvgIpc) is 2.37. The quantitative estimate of drug-likeness (QED) is 0.591. The molecule has 6 heteroatoms. The fourth-order valence-corrected chi connectivity index (χ4v) is 1.28. The van der Waals surface area contributed by atoms with Gasteiger partial charge in [0.25, 0.3) is 0 Å². The molecule has 1 heterocycles. The molecule has 0 atom stereocenters. The van der Waals surface area contributed by atoms with Gasteiger partial charge < -0.3 is 9.47 Å². The van der Waals surface area contributed by atoms with Gasteiger partial charge in [0.15, 0.2) is 11.5 Å². The molecule has 1 aromatic heterocycles. The highest BCUT2D eigenvalue weighted by Crippen LogP contribution is 2.12. The number of aromatic nitrogens is 1. The van der Waals surface area contributed by atoms with E-state index in [0.717, 1.165) is 0 Å². The minimum atomic E-state index is -0.742. The molecule has 0 saturated heterocycles. The van der Waals surface area contributed by atoms with Gasteiger partial charge in [-0.25, -0.2) is 14.6 Å². The molecule has 0 aliphatic heterocycles. The Labute approximate surface area is 104 Å². The summed E-state index contributed by atoms with van der Waals surface area (Å²) in [7, 11) is 1.18. The van der Waals surface area contributed by atoms with E-state index in [9.17, 15) is 14.4 Å². The fraction of sp³-hybridized carbons (Fsp3) is 0.333. The highest BCUT2D eigenvalue weighted by atomic mass is 16.5. The molecule has 0 fully saturated rings. The number of methoxy groups -OCH3 is 1. The summed E-state index contributed by atoms with van der Waals surface area (Å²) in [6.45, 7) is 3.14. The molecular formula is C12H13NO5. The van der Waals surface area contributed by atoms with Crippen LogP contribution in [0.5, 0.6) is 0 Å². The van der Waals surface area contributed by atoms with Crippen molar-refractivity contribution in [1.82, 2.24) is 4.98 Å². The van der Waals surface area contributed by atoms with Gasteiger partial charge in [-0.1, -0.05) is 0 Å². The Hall–Kier alpha value is -2.24. The molecule has 0 amide bonds. The monoisotopic (exact) mass is 251 g/mol. The van der Waals surface area contributed by atoms with Crippen molar-refractivity contribution >= 4 is 17.7 Å². The summed E-state index contributed by atoms with van der Waals surface area (Å²) in [5.74, 6) is -1.73. The number of carbonyl (C=O) groups is 3. The van der Waals surface area contributed by atoms with Crippen LogP contribution < -0.4 is 0 Å². The summed E-state index contributed by atoms with van der Waals surface area (Å²) >= 11 is 0. The molecule has 1 aromatic rings. The third-order valence-corrected chi connectivity index (χ3v) is 2.17. The Morgan fingerprint density at radius 3 is 2.44 bits per heavy atom. The lowest BCUT2D eigenvalue weighted by atomic mass is 10.1. The van der Waals surface area contributed by atoms with Crippen LogP contribution in [0.25, 0.3) is 0 Å². The Morgan fingerprint density at radius 1 is 1.28 bits per heavy atom. The van der Waals surface area contributed by atoms with Gasteiger partial charge in [-0.15, -0.1) is 0 Å². The van der Waals surface area contributed by atoms with Crippen LogP contribution in [0.15, 0.2) is 12.3 Å². The van der Waals surface area contributed by atoms with Crippen molar-refractivity contribution < 1.29 is 23.9 Å². The Kier molecular flexibility index (Phi) is 4.53. The second-order valence-electron chi connectivity index (χ2n) is 3.39. The molecule has 0 saturated carbocycles. The number of hydrogen-bond acceptors (Lipinski definition) is 6. The van der Waals surface area contributed by atoms with E-state index in [1.165, 1.54) is 26.3 Å². The lowest BCUT2D eigenvalue weighted by Gasteiger charge is -2.07. The molecule has 0 radical (unpaired) electrons. The summed E-state index contributed by atoms with van der Waals surface area (Å²) in [5, 5.41) is 0. The molecule has 0 aliphatic carbocycles. The first kappa shape index (κ1) is 13.8. The van der Waals surface area contributed by atoms with Gasteiger partial charge in [0.1, 0.15) is 0 Å². The Bertz CT molecular complexity index is 495. The van der Waals surface area contributed by atoms with Crippen LogP contribution in [-0.2, 0) is 9.47 Å². The number of pyridine rings is 1. The average molecular weight is 251 g/mol. The van der Waals surface area contributed by atoms with Crippen molar-refractivity contribution in [1.29, 1.82) is 0 Å². The Morgan fingerprint density at radius 2 is 1.94 bits per heavy atom. The van der Waals surface area contributed by atoms with Gasteiger partial charge in [-0.2, -0.15) is 0 Å². The van der Waals surface area contributed by atoms with Crippen molar-refractivity contribution in [2.24, 2.45) is 0 Å². The van der Waals surface area contributed by atoms with Crippen molar-refractivity contribution in [3.63, 3.8) is 0 Å². The van der Waals surface area contributed by atoms with Gasteiger partial charge in [0, 0.05) is 11.8 Å². The maximum Gasteiger partial charge on any atom is 0.357 e. The van der Waals surface area contributed by atoms with Crippen LogP contribution >= 0.6 is 0 Å². The van der Waals surface area contributed by atoms with Crippen molar-refractivity contribution in [3.8, 4) is 0 Å². The van der Waals surface area contributed by atoms with Crippen LogP contribution in [-0.4, -0.2) is 36.4 Å². The van der Waals surface area contributed by atoms with Crippen LogP contribution in [0.3, 0.4) is 0 Å². The number of ether oxygens (including phenoxy) is 2. The number of esters is 2. The molecule has 1 rings (SSSR count). The number of Topliss-reactive ketones (excluding diaryl/α,β-unsaturated/α-hetero) is 1. The molecule has 0 N–H and O–H groups in total. The zero-order chi connectivity index (χ0) is 13.7. The zero-order valence-corrected chi connectivity index (χ0v) is 10.4. The third-order valence-electron chi connectivity index (χ3n) is 2.17. The first-order chi connectivity index (χ1) is 8.51. The number of hydrogen-bond donors (Lipinski definition) is 0. The van der Waals surface area contributed by atoms with E-state index in [1.807, 2.05) is 0 Å². The molecule has 0 aromatic carbocycles. The molecule has 0 bridgehead atoms. The summed E-state index contributed by atoms with van der Waals surface area (Å²) in [6, 6.07) is 1.27. The van der Waals surface area contributed by atoms with Crippen LogP contribution in [0.1, 0.15) is 45.1 Å². The van der Waals surface area contributed by atoms with E-state index < -0.39 is 11.9 Å². The van der Waals surface area contributed by atoms with E-state index in [2.05, 4.69) is 9.72 Å². The fourth-order valence-electron chi connectivity index (χ4n) is 1.28. The highest BCUT2D eigenvalue weighted by Gasteiger charge is 2.21. The summed E-state index contributed by atoms with van der Waals surface area (Å²) in [4.78, 5) is 38.1. The molecule has 0 spiro atoms. The molecule has 18 heavy (non-hydrogen) atoms. The van der Waals surface area contributed by atoms with Gasteiger partial charge >= 0.3 is 11.9 Å². The van der Waals surface area contributed by atoms with E-state index in [1.54, 1.807) is 6.92 Å². The molecule has 6 nitrogen and oxygen atoms in total. The van der Waals surface area contributed by atoms with E-state index in [-0.39, 0.29) is 29.2 Å². The summed E-state index contributed by atoms with van der Waals surface area (Å²) in [5.41, 5.74) is -0.0131. The van der Waals surface area contributed by atoms with E-state index in [0.29, 0.717) is 0 Å². The first-order valence-electron chi connectivity index (χ1n) is 5.27. The number of carbonyl (C=O) groups excluding carboxylic acids is 3. The SMILES string of the molecule is CCOC(=O)c1ncc(C(C)=O)cc1C(=O)OC. The van der Waals surface area contributed by atoms with Gasteiger partial charge in [0.05, 0.1) is 19.3 Å². The van der Waals surface area contributed by atoms with E-state index >= 15 is 0 Å².